The van der Waals surface area contributed by atoms with Crippen molar-refractivity contribution in [2.75, 3.05) is 59.0 Å². The van der Waals surface area contributed by atoms with E-state index in [1.54, 1.807) is 46.4 Å². The molecule has 0 aromatic carbocycles. The van der Waals surface area contributed by atoms with E-state index in [0.717, 1.165) is 25.8 Å². The van der Waals surface area contributed by atoms with Crippen LogP contribution in [-0.4, -0.2) is 79.6 Å². The molecule has 0 saturated heterocycles. The summed E-state index contributed by atoms with van der Waals surface area (Å²) < 4.78 is 27.4. The summed E-state index contributed by atoms with van der Waals surface area (Å²) in [6.07, 6.45) is 47.8. The van der Waals surface area contributed by atoms with Gasteiger partial charge in [-0.15, -0.1) is 0 Å². The number of carboxylic acid groups (broad SMARTS) is 1. The van der Waals surface area contributed by atoms with Gasteiger partial charge >= 0.3 is 109 Å². The van der Waals surface area contributed by atoms with Crippen LogP contribution in [0.5, 0.6) is 0 Å². The number of allylic oxidation sites excluding steroid dienone is 2. The molecule has 0 aromatic heterocycles. The SMILES string of the molecule is CCCCCCCC/C=C\CCCCCCCC(=O)O.CCCCCCCCCCCC[N+](C)(C)[O-].CCCC[P+](C)(CCCC)CCCC.CCOP(=O)([O-])OCC.N.O=P([O-])([O-])O.[K+].[K+]. The monoisotopic (exact) mass is 1070 g/mol. The molecular weight excluding hydrogens is 964 g/mol. The number of hydrogen-bond acceptors (Lipinski definition) is 10. The summed E-state index contributed by atoms with van der Waals surface area (Å²) in [5.41, 5.74) is 0. The number of unbranched alkanes of at least 4 members (excludes halogenated alkanes) is 23. The van der Waals surface area contributed by atoms with Gasteiger partial charge in [-0.1, -0.05) is 169 Å². The Morgan fingerprint density at radius 1 is 0.537 bits per heavy atom. The molecule has 0 aromatic rings. The second kappa shape index (κ2) is 65.1. The molecule has 0 fully saturated rings. The van der Waals surface area contributed by atoms with Crippen LogP contribution in [0, 0.1) is 5.21 Å². The fraction of sp³-hybridized carbons (Fsp3) is 0.939. The van der Waals surface area contributed by atoms with Gasteiger partial charge in [-0.25, -0.2) is 0 Å². The molecule has 0 bridgehead atoms. The number of hydroxylamine groups is 3. The number of carboxylic acids is 1. The molecule has 5 N–H and O–H groups in total. The van der Waals surface area contributed by atoms with E-state index in [0.29, 0.717) is 6.42 Å². The van der Waals surface area contributed by atoms with Crippen LogP contribution in [-0.2, 0) is 23.0 Å². The minimum atomic E-state index is -5.14. The fourth-order valence-corrected chi connectivity index (χ4v) is 11.3. The van der Waals surface area contributed by atoms with E-state index in [-0.39, 0.29) is 127 Å². The third-order valence-corrected chi connectivity index (χ3v) is 15.8. The molecule has 67 heavy (non-hydrogen) atoms. The molecule has 0 aliphatic rings. The first kappa shape index (κ1) is 86.7. The van der Waals surface area contributed by atoms with Crippen molar-refractivity contribution in [3.63, 3.8) is 0 Å². The van der Waals surface area contributed by atoms with Gasteiger partial charge in [0.05, 0.1) is 60.2 Å². The maximum atomic E-state index is 11.3. The number of rotatable bonds is 39. The average Bonchev–Trinajstić information content (AvgIpc) is 3.20. The number of nitrogens with zero attached hydrogens (tertiary/aromatic N) is 1. The van der Waals surface area contributed by atoms with Crippen LogP contribution in [0.3, 0.4) is 0 Å². The van der Waals surface area contributed by atoms with Crippen molar-refractivity contribution in [3.8, 4) is 0 Å². The molecule has 0 atom stereocenters. The topological polar surface area (TPSA) is 237 Å². The van der Waals surface area contributed by atoms with Crippen molar-refractivity contribution in [2.45, 2.75) is 241 Å². The first-order chi connectivity index (χ1) is 30.1. The number of hydrogen-bond donors (Lipinski definition) is 3. The van der Waals surface area contributed by atoms with E-state index in [1.165, 1.54) is 167 Å². The van der Waals surface area contributed by atoms with Crippen LogP contribution in [0.4, 0.5) is 0 Å². The van der Waals surface area contributed by atoms with Crippen molar-refractivity contribution in [1.82, 2.24) is 6.15 Å². The van der Waals surface area contributed by atoms with Crippen LogP contribution in [0.25, 0.3) is 0 Å². The summed E-state index contributed by atoms with van der Waals surface area (Å²) in [5.74, 6) is -0.664. The third-order valence-electron chi connectivity index (χ3n) is 10.4. The predicted octanol–water partition coefficient (Wildman–Crippen LogP) is 8.13. The molecule has 0 saturated carbocycles. The van der Waals surface area contributed by atoms with E-state index in [2.05, 4.69) is 62.5 Å². The summed E-state index contributed by atoms with van der Waals surface area (Å²) in [6.45, 7) is 18.3. The maximum absolute atomic E-state index is 11.3. The predicted molar refractivity (Wildman–Crippen MR) is 277 cm³/mol. The van der Waals surface area contributed by atoms with Crippen molar-refractivity contribution in [3.05, 3.63) is 17.4 Å². The Balaban J connectivity index is -0.000000113. The molecule has 0 amide bonds. The Morgan fingerprint density at radius 3 is 1.07 bits per heavy atom. The average molecular weight is 1070 g/mol. The molecule has 0 spiro atoms. The second-order valence-electron chi connectivity index (χ2n) is 17.8. The van der Waals surface area contributed by atoms with E-state index >= 15 is 0 Å². The summed E-state index contributed by atoms with van der Waals surface area (Å²) in [7, 11) is -6.14. The smallest absolute Gasteiger partial charge is 0.790 e. The summed E-state index contributed by atoms with van der Waals surface area (Å²) in [5, 5.41) is 19.8. The Kier molecular flexibility index (Phi) is 84.3. The molecule has 0 radical (unpaired) electrons. The van der Waals surface area contributed by atoms with Gasteiger partial charge in [0, 0.05) is 20.3 Å². The van der Waals surface area contributed by atoms with Crippen molar-refractivity contribution in [1.29, 1.82) is 0 Å². The standard InChI is InChI=1S/C18H34O2.C14H31NO.C13H30P.C4H11O4P.2K.H3N.H3O4P/c1-2-3-4-5-6-7-8-9-10-11-12-13-14-15-16-17-18(19)20;1-4-5-6-7-8-9-10-11-12-13-14-15(2,3)16;1-5-8-11-14(4,12-9-6-2)13-10-7-3;1-3-7-9(5,6)8-4-2;;;;1-5(2,3)4/h9-10H,2-8,11-17H2,1H3,(H,19,20);4-14H2,1-3H3;5-13H2,1-4H3;3-4H2,1-2H3,(H,5,6);;;1H3;(H3,1,2,3,4)/q;;+1;;2*+1;;/p-3/b10-9-;;;;;;;. The zero-order valence-corrected chi connectivity index (χ0v) is 55.1. The Morgan fingerprint density at radius 2 is 0.806 bits per heavy atom. The number of carbonyl (C=O) groups is 1. The van der Waals surface area contributed by atoms with Gasteiger partial charge in [0.1, 0.15) is 0 Å². The zero-order chi connectivity index (χ0) is 49.9. The molecule has 0 heterocycles. The summed E-state index contributed by atoms with van der Waals surface area (Å²) in [6, 6.07) is 0. The first-order valence-electron chi connectivity index (χ1n) is 25.7. The van der Waals surface area contributed by atoms with Crippen LogP contribution >= 0.6 is 22.9 Å². The minimum Gasteiger partial charge on any atom is -0.790 e. The van der Waals surface area contributed by atoms with Gasteiger partial charge in [-0.3, -0.25) is 9.36 Å². The fourth-order valence-electron chi connectivity index (χ4n) is 6.64. The molecule has 0 aliphatic heterocycles. The molecule has 398 valence electrons. The Labute approximate surface area is 501 Å². The molecule has 0 rings (SSSR count). The summed E-state index contributed by atoms with van der Waals surface area (Å²) in [4.78, 5) is 45.0. The van der Waals surface area contributed by atoms with E-state index in [1.807, 2.05) is 0 Å². The first-order valence-corrected chi connectivity index (χ1v) is 31.5. The van der Waals surface area contributed by atoms with Gasteiger partial charge in [-0.05, 0) is 78.1 Å². The Bertz CT molecular complexity index is 1030. The van der Waals surface area contributed by atoms with Gasteiger partial charge in [0.2, 0.25) is 0 Å². The third kappa shape index (κ3) is 98.8. The van der Waals surface area contributed by atoms with Gasteiger partial charge in [0.25, 0.3) is 7.82 Å². The Hall–Kier alpha value is 3.01. The van der Waals surface area contributed by atoms with Crippen molar-refractivity contribution in [2.24, 2.45) is 0 Å². The van der Waals surface area contributed by atoms with Crippen molar-refractivity contribution < 1.29 is 155 Å². The molecule has 0 aliphatic carbocycles. The number of phosphoric acid groups is 2. The molecule has 18 heteroatoms. The van der Waals surface area contributed by atoms with Crippen molar-refractivity contribution >= 4 is 28.9 Å². The molecule has 13 nitrogen and oxygen atoms in total. The zero-order valence-electron chi connectivity index (χ0n) is 46.2. The van der Waals surface area contributed by atoms with E-state index < -0.39 is 28.9 Å². The van der Waals surface area contributed by atoms with E-state index in [4.69, 9.17) is 24.4 Å². The largest absolute Gasteiger partial charge is 1.00 e. The van der Waals surface area contributed by atoms with Gasteiger partial charge in [-0.2, -0.15) is 0 Å². The number of quaternary nitrogens is 1. The van der Waals surface area contributed by atoms with Gasteiger partial charge < -0.3 is 54.3 Å². The molecule has 0 unspecified atom stereocenters. The number of phosphoric ester groups is 1. The second-order valence-corrected chi connectivity index (χ2v) is 24.7. The van der Waals surface area contributed by atoms with E-state index in [9.17, 15) is 19.5 Å². The maximum Gasteiger partial charge on any atom is 1.00 e. The minimum absolute atomic E-state index is 0. The van der Waals surface area contributed by atoms with Crippen LogP contribution < -0.4 is 124 Å². The number of aliphatic carboxylic acids is 1. The summed E-state index contributed by atoms with van der Waals surface area (Å²) >= 11 is 0. The normalized spacial score (nSPS) is 11.2. The van der Waals surface area contributed by atoms with Gasteiger partial charge in [0.15, 0.2) is 0 Å². The van der Waals surface area contributed by atoms with Crippen LogP contribution in [0.1, 0.15) is 241 Å². The molecular formula is C49H109K2N2O11P3. The van der Waals surface area contributed by atoms with Crippen LogP contribution in [0.2, 0.25) is 0 Å². The van der Waals surface area contributed by atoms with Crippen LogP contribution in [0.15, 0.2) is 12.2 Å². The quantitative estimate of drug-likeness (QED) is 0.0132.